The van der Waals surface area contributed by atoms with E-state index in [1.165, 1.54) is 18.4 Å². The number of nitrogens with zero attached hydrogens (tertiary/aromatic N) is 1. The minimum Gasteiger partial charge on any atom is -0.359 e. The molecule has 0 atom stereocenters. The van der Waals surface area contributed by atoms with E-state index in [9.17, 15) is 0 Å². The fourth-order valence-electron chi connectivity index (χ4n) is 1.91. The molecule has 0 radical (unpaired) electrons. The van der Waals surface area contributed by atoms with Gasteiger partial charge in [0.25, 0.3) is 0 Å². The largest absolute Gasteiger partial charge is 0.359 e. The molecule has 82 valence electrons. The Morgan fingerprint density at radius 1 is 1.31 bits per heavy atom. The van der Waals surface area contributed by atoms with Crippen LogP contribution in [0, 0.1) is 0 Å². The number of aromatic nitrogens is 1. The monoisotopic (exact) mass is 214 g/mol. The van der Waals surface area contributed by atoms with E-state index in [1.807, 2.05) is 6.07 Å². The summed E-state index contributed by atoms with van der Waals surface area (Å²) in [5.74, 6) is 1.49. The molecule has 0 bridgehead atoms. The van der Waals surface area contributed by atoms with E-state index in [4.69, 9.17) is 10.3 Å². The number of nitrogens with two attached hydrogens (primary N) is 1. The molecule has 3 nitrogen and oxygen atoms in total. The Morgan fingerprint density at radius 2 is 2.19 bits per heavy atom. The van der Waals surface area contributed by atoms with Crippen molar-refractivity contribution in [2.45, 2.75) is 25.3 Å². The summed E-state index contributed by atoms with van der Waals surface area (Å²) >= 11 is 0. The highest BCUT2D eigenvalue weighted by atomic mass is 16.5. The van der Waals surface area contributed by atoms with E-state index in [1.54, 1.807) is 0 Å². The Kier molecular flexibility index (Phi) is 2.26. The lowest BCUT2D eigenvalue weighted by Gasteiger charge is -2.00. The van der Waals surface area contributed by atoms with Gasteiger partial charge in [0.2, 0.25) is 0 Å². The lowest BCUT2D eigenvalue weighted by atomic mass is 10.1. The molecule has 1 aromatic heterocycles. The number of rotatable bonds is 3. The molecular weight excluding hydrogens is 200 g/mol. The second-order valence-electron chi connectivity index (χ2n) is 4.28. The van der Waals surface area contributed by atoms with Gasteiger partial charge in [0.05, 0.1) is 6.54 Å². The van der Waals surface area contributed by atoms with E-state index in [-0.39, 0.29) is 0 Å². The molecule has 0 unspecified atom stereocenters. The fraction of sp³-hybridized carbons (Fsp3) is 0.308. The van der Waals surface area contributed by atoms with Crippen LogP contribution in [-0.4, -0.2) is 5.16 Å². The van der Waals surface area contributed by atoms with Crippen molar-refractivity contribution >= 4 is 0 Å². The lowest BCUT2D eigenvalue weighted by Crippen LogP contribution is -1.92. The highest BCUT2D eigenvalue weighted by Crippen LogP contribution is 2.40. The Morgan fingerprint density at radius 3 is 2.88 bits per heavy atom. The Labute approximate surface area is 94.2 Å². The number of hydrogen-bond acceptors (Lipinski definition) is 3. The minimum atomic E-state index is 0.398. The maximum absolute atomic E-state index is 5.50. The molecule has 2 N–H and O–H groups in total. The van der Waals surface area contributed by atoms with Crippen molar-refractivity contribution in [3.63, 3.8) is 0 Å². The van der Waals surface area contributed by atoms with Crippen LogP contribution in [0.4, 0.5) is 0 Å². The smallest absolute Gasteiger partial charge is 0.150 e. The molecule has 1 saturated carbocycles. The Bertz CT molecular complexity index is 500. The van der Waals surface area contributed by atoms with Gasteiger partial charge in [0, 0.05) is 11.6 Å². The molecule has 1 aliphatic carbocycles. The van der Waals surface area contributed by atoms with E-state index in [0.29, 0.717) is 6.54 Å². The van der Waals surface area contributed by atoms with Gasteiger partial charge < -0.3 is 10.3 Å². The van der Waals surface area contributed by atoms with Crippen LogP contribution in [0.15, 0.2) is 34.9 Å². The molecule has 3 rings (SSSR count). The van der Waals surface area contributed by atoms with E-state index in [2.05, 4.69) is 29.4 Å². The van der Waals surface area contributed by atoms with Gasteiger partial charge in [-0.15, -0.1) is 0 Å². The number of hydrogen-bond donors (Lipinski definition) is 1. The third kappa shape index (κ3) is 1.74. The Hall–Kier alpha value is -1.61. The molecule has 3 heteroatoms. The van der Waals surface area contributed by atoms with Gasteiger partial charge in [0.15, 0.2) is 5.76 Å². The molecule has 2 aromatic rings. The maximum Gasteiger partial charge on any atom is 0.150 e. The number of benzene rings is 1. The van der Waals surface area contributed by atoms with Crippen LogP contribution >= 0.6 is 0 Å². The van der Waals surface area contributed by atoms with Gasteiger partial charge in [-0.3, -0.25) is 0 Å². The molecule has 1 aromatic carbocycles. The van der Waals surface area contributed by atoms with Crippen molar-refractivity contribution in [2.75, 3.05) is 0 Å². The zero-order valence-corrected chi connectivity index (χ0v) is 9.02. The van der Waals surface area contributed by atoms with E-state index >= 15 is 0 Å². The highest BCUT2D eigenvalue weighted by Gasteiger charge is 2.23. The summed E-state index contributed by atoms with van der Waals surface area (Å²) < 4.78 is 5.11. The van der Waals surface area contributed by atoms with Crippen molar-refractivity contribution in [3.8, 4) is 11.3 Å². The summed E-state index contributed by atoms with van der Waals surface area (Å²) in [6.45, 7) is 0.398. The van der Waals surface area contributed by atoms with Crippen molar-refractivity contribution in [3.05, 3.63) is 41.7 Å². The molecule has 1 heterocycles. The average molecular weight is 214 g/mol. The van der Waals surface area contributed by atoms with Crippen molar-refractivity contribution in [1.29, 1.82) is 0 Å². The minimum absolute atomic E-state index is 0.398. The lowest BCUT2D eigenvalue weighted by molar-refractivity contribution is 0.387. The average Bonchev–Trinajstić information content (AvgIpc) is 3.07. The van der Waals surface area contributed by atoms with Crippen LogP contribution in [0.3, 0.4) is 0 Å². The molecule has 0 amide bonds. The molecule has 1 fully saturated rings. The van der Waals surface area contributed by atoms with Crippen LogP contribution in [0.1, 0.15) is 30.1 Å². The topological polar surface area (TPSA) is 52.0 Å². The first-order valence-corrected chi connectivity index (χ1v) is 5.63. The van der Waals surface area contributed by atoms with Gasteiger partial charge in [-0.05, 0) is 30.4 Å². The van der Waals surface area contributed by atoms with E-state index in [0.717, 1.165) is 22.9 Å². The zero-order valence-electron chi connectivity index (χ0n) is 9.02. The second kappa shape index (κ2) is 3.76. The SMILES string of the molecule is NCc1cc(-c2cccc(C3CC3)c2)no1. The predicted molar refractivity (Wildman–Crippen MR) is 61.8 cm³/mol. The second-order valence-corrected chi connectivity index (χ2v) is 4.28. The van der Waals surface area contributed by atoms with Gasteiger partial charge >= 0.3 is 0 Å². The first-order chi connectivity index (χ1) is 7.86. The normalized spacial score (nSPS) is 15.3. The highest BCUT2D eigenvalue weighted by molar-refractivity contribution is 5.60. The van der Waals surface area contributed by atoms with Crippen LogP contribution in [0.5, 0.6) is 0 Å². The van der Waals surface area contributed by atoms with Crippen molar-refractivity contribution in [1.82, 2.24) is 5.16 Å². The first kappa shape index (κ1) is 9.60. The molecular formula is C13H14N2O. The fourth-order valence-corrected chi connectivity index (χ4v) is 1.91. The summed E-state index contributed by atoms with van der Waals surface area (Å²) in [5.41, 5.74) is 8.90. The van der Waals surface area contributed by atoms with Gasteiger partial charge in [-0.25, -0.2) is 0 Å². The zero-order chi connectivity index (χ0) is 11.0. The first-order valence-electron chi connectivity index (χ1n) is 5.63. The standard InChI is InChI=1S/C13H14N2O/c14-8-12-7-13(15-16-12)11-3-1-2-10(6-11)9-4-5-9/h1-3,6-7,9H,4-5,8,14H2. The van der Waals surface area contributed by atoms with Gasteiger partial charge in [0.1, 0.15) is 5.69 Å². The van der Waals surface area contributed by atoms with Gasteiger partial charge in [-0.1, -0.05) is 23.4 Å². The van der Waals surface area contributed by atoms with Crippen LogP contribution < -0.4 is 5.73 Å². The third-order valence-corrected chi connectivity index (χ3v) is 2.99. The van der Waals surface area contributed by atoms with Crippen molar-refractivity contribution < 1.29 is 4.52 Å². The third-order valence-electron chi connectivity index (χ3n) is 2.99. The van der Waals surface area contributed by atoms with Crippen LogP contribution in [0.25, 0.3) is 11.3 Å². The van der Waals surface area contributed by atoms with E-state index < -0.39 is 0 Å². The quantitative estimate of drug-likeness (QED) is 0.854. The molecule has 0 spiro atoms. The Balaban J connectivity index is 1.95. The van der Waals surface area contributed by atoms with Crippen LogP contribution in [-0.2, 0) is 6.54 Å². The summed E-state index contributed by atoms with van der Waals surface area (Å²) in [6.07, 6.45) is 2.63. The summed E-state index contributed by atoms with van der Waals surface area (Å²) in [5, 5.41) is 4.02. The summed E-state index contributed by atoms with van der Waals surface area (Å²) in [4.78, 5) is 0. The molecule has 0 saturated heterocycles. The predicted octanol–water partition coefficient (Wildman–Crippen LogP) is 2.68. The molecule has 0 aliphatic heterocycles. The molecule has 16 heavy (non-hydrogen) atoms. The van der Waals surface area contributed by atoms with Gasteiger partial charge in [-0.2, -0.15) is 0 Å². The summed E-state index contributed by atoms with van der Waals surface area (Å²) in [7, 11) is 0. The maximum atomic E-state index is 5.50. The van der Waals surface area contributed by atoms with Crippen LogP contribution in [0.2, 0.25) is 0 Å². The summed E-state index contributed by atoms with van der Waals surface area (Å²) in [6, 6.07) is 10.4. The molecule has 1 aliphatic rings. The van der Waals surface area contributed by atoms with Crippen molar-refractivity contribution in [2.24, 2.45) is 5.73 Å².